The number of pyridine rings is 1. The highest BCUT2D eigenvalue weighted by atomic mass is 19.2. The molecule has 10 heteroatoms. The number of ether oxygens (including phenoxy) is 3. The summed E-state index contributed by atoms with van der Waals surface area (Å²) in [7, 11) is 0. The van der Waals surface area contributed by atoms with Crippen LogP contribution in [0.25, 0.3) is 0 Å². The highest BCUT2D eigenvalue weighted by Crippen LogP contribution is 2.27. The van der Waals surface area contributed by atoms with Crippen LogP contribution in [0.2, 0.25) is 0 Å². The third-order valence-electron chi connectivity index (χ3n) is 12.6. The monoisotopic (exact) mass is 1050 g/mol. The summed E-state index contributed by atoms with van der Waals surface area (Å²) in [6, 6.07) is 26.1. The number of aromatic nitrogens is 3. The Morgan fingerprint density at radius 2 is 0.711 bits per heavy atom. The zero-order valence-electron chi connectivity index (χ0n) is 49.7. The lowest BCUT2D eigenvalue weighted by Gasteiger charge is -2.24. The van der Waals surface area contributed by atoms with Crippen LogP contribution in [-0.2, 0) is 14.2 Å². The highest BCUT2D eigenvalue weighted by Gasteiger charge is 2.15. The maximum absolute atomic E-state index is 12.6. The zero-order chi connectivity index (χ0) is 57.3. The summed E-state index contributed by atoms with van der Waals surface area (Å²) >= 11 is 0. The molecule has 2 saturated heterocycles. The molecule has 0 spiro atoms. The molecule has 6 nitrogen and oxygen atoms in total. The number of aryl methyl sites for hydroxylation is 12. The van der Waals surface area contributed by atoms with Crippen molar-refractivity contribution >= 4 is 0 Å². The molecule has 3 fully saturated rings. The van der Waals surface area contributed by atoms with Crippen LogP contribution in [0.5, 0.6) is 0 Å². The molecule has 0 radical (unpaired) electrons. The lowest BCUT2D eigenvalue weighted by molar-refractivity contribution is -0.187. The minimum atomic E-state index is -0.736. The first-order valence-electron chi connectivity index (χ1n) is 27.1. The normalized spacial score (nSPS) is 19.1. The van der Waals surface area contributed by atoms with E-state index in [9.17, 15) is 17.6 Å². The van der Waals surface area contributed by atoms with Crippen molar-refractivity contribution in [2.45, 2.75) is 176 Å². The van der Waals surface area contributed by atoms with E-state index in [0.717, 1.165) is 65.8 Å². The molecule has 1 saturated carbocycles. The molecule has 0 amide bonds. The number of hydrogen-bond donors (Lipinski definition) is 0. The van der Waals surface area contributed by atoms with E-state index >= 15 is 0 Å². The molecule has 4 aromatic carbocycles. The Morgan fingerprint density at radius 3 is 1.01 bits per heavy atom. The van der Waals surface area contributed by atoms with Gasteiger partial charge in [0, 0.05) is 36.8 Å². The van der Waals surface area contributed by atoms with Gasteiger partial charge in [-0.2, -0.15) is 0 Å². The molecule has 2 aliphatic heterocycles. The van der Waals surface area contributed by atoms with E-state index in [2.05, 4.69) is 93.7 Å². The number of hydrogen-bond acceptors (Lipinski definition) is 6. The summed E-state index contributed by atoms with van der Waals surface area (Å²) < 4.78 is 66.1. The molecular weight excluding hydrogens is 959 g/mol. The maximum Gasteiger partial charge on any atom is 0.161 e. The van der Waals surface area contributed by atoms with Crippen LogP contribution in [0.1, 0.15) is 147 Å². The summed E-state index contributed by atoms with van der Waals surface area (Å²) in [4.78, 5) is 12.0. The van der Waals surface area contributed by atoms with E-state index in [1.165, 1.54) is 81.2 Å². The molecule has 0 bridgehead atoms. The number of benzene rings is 4. The minimum absolute atomic E-state index is 0.0196. The molecular formula is C66H95F4N3O3. The second-order valence-corrected chi connectivity index (χ2v) is 21.3. The Labute approximate surface area is 457 Å². The fourth-order valence-corrected chi connectivity index (χ4v) is 6.91. The van der Waals surface area contributed by atoms with Gasteiger partial charge >= 0.3 is 0 Å². The van der Waals surface area contributed by atoms with E-state index in [0.29, 0.717) is 34.3 Å². The van der Waals surface area contributed by atoms with Gasteiger partial charge in [-0.3, -0.25) is 4.98 Å². The molecule has 2 unspecified atom stereocenters. The molecule has 420 valence electrons. The molecule has 2 atom stereocenters. The number of rotatable bonds is 0. The molecule has 9 rings (SSSR count). The van der Waals surface area contributed by atoms with Crippen molar-refractivity contribution in [2.24, 2.45) is 23.7 Å². The second-order valence-electron chi connectivity index (χ2n) is 21.3. The van der Waals surface area contributed by atoms with Gasteiger partial charge in [-0.05, 0) is 190 Å². The predicted molar refractivity (Wildman–Crippen MR) is 310 cm³/mol. The van der Waals surface area contributed by atoms with Gasteiger partial charge in [0.1, 0.15) is 17.5 Å². The van der Waals surface area contributed by atoms with Gasteiger partial charge in [0.2, 0.25) is 0 Å². The Kier molecular flexibility index (Phi) is 34.6. The molecule has 2 aromatic heterocycles. The average Bonchev–Trinajstić information content (AvgIpc) is 3.39. The van der Waals surface area contributed by atoms with E-state index < -0.39 is 11.6 Å². The van der Waals surface area contributed by atoms with Crippen molar-refractivity contribution in [3.05, 3.63) is 194 Å². The quantitative estimate of drug-likeness (QED) is 0.141. The molecule has 6 aromatic rings. The Morgan fingerprint density at radius 1 is 0.355 bits per heavy atom. The van der Waals surface area contributed by atoms with E-state index in [1.807, 2.05) is 85.3 Å². The molecule has 1 aliphatic carbocycles. The van der Waals surface area contributed by atoms with Crippen LogP contribution in [-0.4, -0.2) is 47.2 Å². The number of halogens is 4. The third kappa shape index (κ3) is 33.0. The Hall–Kier alpha value is -5.29. The topological polar surface area (TPSA) is 66.4 Å². The van der Waals surface area contributed by atoms with Gasteiger partial charge in [-0.1, -0.05) is 131 Å². The minimum Gasteiger partial charge on any atom is -0.378 e. The standard InChI is InChI=1S/C8H8F2.2C8H9F.C8H16.C8H10.C7H9N.C7H14O.C6H8N2.C6H12O2/c1-5-3-4-6(2)8(10)7(5)9;2*1-6-3-4-7(2)8(9)5-6;2*1-7-3-5-8(2)6-4-7;2*1-6-3-4-7(2)8-5-6;2*1-5-3-7-6(2)8-4-5/h3-4H,1-2H3;2*3-5H,1-2H3;7-8H,3-6H2,1-2H3;3-6H,1-2H3;3-5H,1-2H3;6-7H,3-5H2,1-2H3;3-4H,1-2H3;5-6H,3-4H2,1-2H3. The summed E-state index contributed by atoms with van der Waals surface area (Å²) in [5.74, 6) is 2.54. The summed E-state index contributed by atoms with van der Waals surface area (Å²) in [5, 5.41) is 0. The fourth-order valence-electron chi connectivity index (χ4n) is 6.91. The third-order valence-corrected chi connectivity index (χ3v) is 12.6. The zero-order valence-corrected chi connectivity index (χ0v) is 49.7. The van der Waals surface area contributed by atoms with Gasteiger partial charge < -0.3 is 14.2 Å². The SMILES string of the molecule is CC1CCC(C)CC1.CC1CCC(C)OC1.CC1COC(C)OC1.Cc1ccc(C)c(F)c1.Cc1ccc(C)c(F)c1.Cc1ccc(C)c(F)c1F.Cc1ccc(C)cc1.Cc1ccc(C)nc1.Cc1cnc(C)nc1. The van der Waals surface area contributed by atoms with Crippen LogP contribution in [0.3, 0.4) is 0 Å². The first kappa shape index (κ1) is 68.7. The lowest BCUT2D eigenvalue weighted by atomic mass is 9.84. The van der Waals surface area contributed by atoms with Crippen molar-refractivity contribution in [1.29, 1.82) is 0 Å². The average molecular weight is 1050 g/mol. The van der Waals surface area contributed by atoms with Crippen LogP contribution < -0.4 is 0 Å². The van der Waals surface area contributed by atoms with Crippen molar-refractivity contribution in [3.63, 3.8) is 0 Å². The maximum atomic E-state index is 12.6. The summed E-state index contributed by atoms with van der Waals surface area (Å²) in [5.41, 5.74) is 10.1. The first-order valence-corrected chi connectivity index (χ1v) is 27.1. The van der Waals surface area contributed by atoms with Crippen molar-refractivity contribution in [2.75, 3.05) is 19.8 Å². The van der Waals surface area contributed by atoms with Crippen molar-refractivity contribution in [1.82, 2.24) is 15.0 Å². The fraction of sp³-hybridized carbons (Fsp3) is 0.500. The van der Waals surface area contributed by atoms with Gasteiger partial charge in [0.15, 0.2) is 17.9 Å². The van der Waals surface area contributed by atoms with Crippen LogP contribution in [0, 0.1) is 130 Å². The summed E-state index contributed by atoms with van der Waals surface area (Å²) in [6.07, 6.45) is 14.5. The van der Waals surface area contributed by atoms with E-state index in [-0.39, 0.29) is 17.9 Å². The largest absolute Gasteiger partial charge is 0.378 e. The van der Waals surface area contributed by atoms with Crippen LogP contribution in [0.4, 0.5) is 17.6 Å². The molecule has 4 heterocycles. The molecule has 0 N–H and O–H groups in total. The van der Waals surface area contributed by atoms with Gasteiger partial charge in [-0.15, -0.1) is 0 Å². The van der Waals surface area contributed by atoms with Crippen molar-refractivity contribution < 1.29 is 31.8 Å². The highest BCUT2D eigenvalue weighted by molar-refractivity contribution is 5.25. The Balaban J connectivity index is 0.000000428. The molecule has 76 heavy (non-hydrogen) atoms. The van der Waals surface area contributed by atoms with Crippen molar-refractivity contribution in [3.8, 4) is 0 Å². The van der Waals surface area contributed by atoms with Crippen LogP contribution in [0.15, 0.2) is 104 Å². The van der Waals surface area contributed by atoms with Gasteiger partial charge in [0.25, 0.3) is 0 Å². The second kappa shape index (κ2) is 38.3. The lowest BCUT2D eigenvalue weighted by Crippen LogP contribution is -2.27. The number of nitrogens with zero attached hydrogens (tertiary/aromatic N) is 3. The Bertz CT molecular complexity index is 2120. The smallest absolute Gasteiger partial charge is 0.161 e. The van der Waals surface area contributed by atoms with Gasteiger partial charge in [0.05, 0.1) is 19.3 Å². The first-order chi connectivity index (χ1) is 35.7. The van der Waals surface area contributed by atoms with Crippen LogP contribution >= 0.6 is 0 Å². The van der Waals surface area contributed by atoms with E-state index in [4.69, 9.17) is 14.2 Å². The summed E-state index contributed by atoms with van der Waals surface area (Å²) in [6.45, 7) is 38.2. The predicted octanol–water partition coefficient (Wildman–Crippen LogP) is 18.2. The van der Waals surface area contributed by atoms with E-state index in [1.54, 1.807) is 38.1 Å². The van der Waals surface area contributed by atoms with Gasteiger partial charge in [-0.25, -0.2) is 27.5 Å². The molecule has 3 aliphatic rings.